The number of aromatic nitrogens is 2. The summed E-state index contributed by atoms with van der Waals surface area (Å²) in [4.78, 5) is 32.4. The van der Waals surface area contributed by atoms with E-state index in [1.54, 1.807) is 12.1 Å². The zero-order valence-corrected chi connectivity index (χ0v) is 16.5. The molecule has 29 heavy (non-hydrogen) atoms. The molecule has 7 nitrogen and oxygen atoms in total. The van der Waals surface area contributed by atoms with Gasteiger partial charge in [-0.3, -0.25) is 9.59 Å². The molecular formula is C21H19N3O4S. The normalized spacial score (nSPS) is 15.5. The number of nitrogens with zero attached hydrogens (tertiary/aromatic N) is 1. The molecule has 1 unspecified atom stereocenters. The summed E-state index contributed by atoms with van der Waals surface area (Å²) in [6.45, 7) is 0. The smallest absolute Gasteiger partial charge is 0.257 e. The van der Waals surface area contributed by atoms with E-state index < -0.39 is 5.92 Å². The first-order valence-corrected chi connectivity index (χ1v) is 10.0. The van der Waals surface area contributed by atoms with Crippen LogP contribution in [-0.4, -0.2) is 28.1 Å². The van der Waals surface area contributed by atoms with Gasteiger partial charge in [0.25, 0.3) is 5.56 Å². The molecule has 3 N–H and O–H groups in total. The third-order valence-electron chi connectivity index (χ3n) is 4.75. The van der Waals surface area contributed by atoms with Gasteiger partial charge in [0.2, 0.25) is 5.91 Å². The molecule has 1 atom stereocenters. The predicted octanol–water partition coefficient (Wildman–Crippen LogP) is 3.25. The van der Waals surface area contributed by atoms with Crippen LogP contribution in [0.5, 0.6) is 11.5 Å². The van der Waals surface area contributed by atoms with Gasteiger partial charge in [-0.1, -0.05) is 48.2 Å². The number of fused-ring (bicyclic) bond motifs is 1. The second-order valence-corrected chi connectivity index (χ2v) is 7.61. The average molecular weight is 409 g/mol. The third kappa shape index (κ3) is 3.97. The number of hydrogen-bond donors (Lipinski definition) is 3. The Morgan fingerprint density at radius 1 is 1.21 bits per heavy atom. The zero-order chi connectivity index (χ0) is 20.4. The standard InChI is InChI=1S/C21H19N3O4S/c1-28-16-9-13(7-8-15(16)25)14-10-17(26)22-19-18(14)20(27)24-21(23-19)29-11-12-5-3-2-4-6-12/h2-9,14,25H,10-11H2,1H3,(H2,22,23,24,26,27). The number of hydrogen-bond acceptors (Lipinski definition) is 6. The molecule has 0 spiro atoms. The Kier molecular flexibility index (Phi) is 5.26. The second kappa shape index (κ2) is 8.00. The van der Waals surface area contributed by atoms with E-state index in [0.717, 1.165) is 5.56 Å². The zero-order valence-electron chi connectivity index (χ0n) is 15.6. The molecule has 0 bridgehead atoms. The van der Waals surface area contributed by atoms with Gasteiger partial charge in [-0.25, -0.2) is 4.98 Å². The Morgan fingerprint density at radius 2 is 2.00 bits per heavy atom. The first-order valence-electron chi connectivity index (χ1n) is 9.03. The molecular weight excluding hydrogens is 390 g/mol. The highest BCUT2D eigenvalue weighted by molar-refractivity contribution is 7.98. The molecule has 8 heteroatoms. The lowest BCUT2D eigenvalue weighted by Gasteiger charge is -2.25. The van der Waals surface area contributed by atoms with Crippen LogP contribution in [0.1, 0.15) is 29.0 Å². The maximum atomic E-state index is 12.9. The van der Waals surface area contributed by atoms with E-state index in [1.807, 2.05) is 30.3 Å². The highest BCUT2D eigenvalue weighted by atomic mass is 32.2. The number of thioether (sulfide) groups is 1. The van der Waals surface area contributed by atoms with Crippen molar-refractivity contribution in [1.29, 1.82) is 0 Å². The SMILES string of the molecule is COc1cc(C2CC(=O)Nc3nc(SCc4ccccc4)[nH]c(=O)c32)ccc1O. The molecule has 1 aliphatic rings. The van der Waals surface area contributed by atoms with E-state index in [9.17, 15) is 14.7 Å². The first-order chi connectivity index (χ1) is 14.0. The minimum absolute atomic E-state index is 0.00331. The molecule has 0 radical (unpaired) electrons. The lowest BCUT2D eigenvalue weighted by molar-refractivity contribution is -0.116. The van der Waals surface area contributed by atoms with Crippen molar-refractivity contribution in [3.8, 4) is 11.5 Å². The number of benzene rings is 2. The van der Waals surface area contributed by atoms with E-state index >= 15 is 0 Å². The quantitative estimate of drug-likeness (QED) is 0.441. The van der Waals surface area contributed by atoms with Crippen LogP contribution < -0.4 is 15.6 Å². The summed E-state index contributed by atoms with van der Waals surface area (Å²) in [7, 11) is 1.45. The molecule has 1 amide bonds. The third-order valence-corrected chi connectivity index (χ3v) is 5.70. The summed E-state index contributed by atoms with van der Waals surface area (Å²) in [5, 5.41) is 13.0. The number of H-pyrrole nitrogens is 1. The van der Waals surface area contributed by atoms with Crippen LogP contribution in [0.15, 0.2) is 58.5 Å². The summed E-state index contributed by atoms with van der Waals surface area (Å²) in [5.41, 5.74) is 1.92. The molecule has 1 aromatic heterocycles. The maximum Gasteiger partial charge on any atom is 0.257 e. The van der Waals surface area contributed by atoms with Crippen molar-refractivity contribution in [3.63, 3.8) is 0 Å². The van der Waals surface area contributed by atoms with Gasteiger partial charge in [-0.15, -0.1) is 0 Å². The van der Waals surface area contributed by atoms with E-state index in [2.05, 4.69) is 15.3 Å². The van der Waals surface area contributed by atoms with E-state index in [1.165, 1.54) is 24.9 Å². The minimum Gasteiger partial charge on any atom is -0.504 e. The fraction of sp³-hybridized carbons (Fsp3) is 0.190. The molecule has 0 saturated carbocycles. The van der Waals surface area contributed by atoms with Crippen molar-refractivity contribution in [2.75, 3.05) is 12.4 Å². The summed E-state index contributed by atoms with van der Waals surface area (Å²) in [6.07, 6.45) is 0.113. The summed E-state index contributed by atoms with van der Waals surface area (Å²) in [5.74, 6) is 0.516. The summed E-state index contributed by atoms with van der Waals surface area (Å²) >= 11 is 1.40. The largest absolute Gasteiger partial charge is 0.504 e. The van der Waals surface area contributed by atoms with Gasteiger partial charge in [0.1, 0.15) is 5.82 Å². The lowest BCUT2D eigenvalue weighted by Crippen LogP contribution is -2.31. The summed E-state index contributed by atoms with van der Waals surface area (Å²) < 4.78 is 5.16. The van der Waals surface area contributed by atoms with E-state index in [0.29, 0.717) is 22.0 Å². The molecule has 1 aliphatic heterocycles. The second-order valence-electron chi connectivity index (χ2n) is 6.64. The number of phenols is 1. The minimum atomic E-state index is -0.474. The van der Waals surface area contributed by atoms with Crippen LogP contribution in [0.25, 0.3) is 0 Å². The number of aromatic amines is 1. The highest BCUT2D eigenvalue weighted by Crippen LogP contribution is 2.38. The van der Waals surface area contributed by atoms with Gasteiger partial charge >= 0.3 is 0 Å². The number of ether oxygens (including phenoxy) is 1. The Morgan fingerprint density at radius 3 is 2.76 bits per heavy atom. The average Bonchev–Trinajstić information content (AvgIpc) is 2.72. The Bertz CT molecular complexity index is 1110. The first kappa shape index (κ1) is 19.1. The van der Waals surface area contributed by atoms with Gasteiger partial charge in [-0.05, 0) is 23.3 Å². The van der Waals surface area contributed by atoms with Gasteiger partial charge < -0.3 is 20.1 Å². The fourth-order valence-electron chi connectivity index (χ4n) is 3.34. The molecule has 0 aliphatic carbocycles. The monoisotopic (exact) mass is 409 g/mol. The van der Waals surface area contributed by atoms with Crippen molar-refractivity contribution in [3.05, 3.63) is 75.6 Å². The van der Waals surface area contributed by atoms with Crippen LogP contribution in [0.4, 0.5) is 5.82 Å². The molecule has 2 heterocycles. The molecule has 0 saturated heterocycles. The predicted molar refractivity (Wildman–Crippen MR) is 111 cm³/mol. The van der Waals surface area contributed by atoms with Crippen molar-refractivity contribution >= 4 is 23.5 Å². The number of carbonyl (C=O) groups is 1. The van der Waals surface area contributed by atoms with Gasteiger partial charge in [0, 0.05) is 18.1 Å². The van der Waals surface area contributed by atoms with Crippen molar-refractivity contribution in [2.24, 2.45) is 0 Å². The van der Waals surface area contributed by atoms with E-state index in [-0.39, 0.29) is 35.2 Å². The number of carbonyl (C=O) groups excluding carboxylic acids is 1. The number of phenolic OH excluding ortho intramolecular Hbond substituents is 1. The van der Waals surface area contributed by atoms with Gasteiger partial charge in [0.15, 0.2) is 16.7 Å². The topological polar surface area (TPSA) is 104 Å². The van der Waals surface area contributed by atoms with Crippen LogP contribution in [0.2, 0.25) is 0 Å². The number of aromatic hydroxyl groups is 1. The van der Waals surface area contributed by atoms with Gasteiger partial charge in [0.05, 0.1) is 12.7 Å². The summed E-state index contributed by atoms with van der Waals surface area (Å²) in [6, 6.07) is 14.7. The molecule has 148 valence electrons. The maximum absolute atomic E-state index is 12.9. The number of methoxy groups -OCH3 is 1. The lowest BCUT2D eigenvalue weighted by atomic mass is 9.86. The number of nitrogens with one attached hydrogen (secondary N) is 2. The fourth-order valence-corrected chi connectivity index (χ4v) is 4.16. The van der Waals surface area contributed by atoms with Crippen molar-refractivity contribution < 1.29 is 14.6 Å². The molecule has 2 aromatic carbocycles. The number of amides is 1. The Balaban J connectivity index is 1.68. The highest BCUT2D eigenvalue weighted by Gasteiger charge is 2.31. The molecule has 4 rings (SSSR count). The number of anilines is 1. The molecule has 3 aromatic rings. The van der Waals surface area contributed by atoms with Crippen LogP contribution in [0, 0.1) is 0 Å². The van der Waals surface area contributed by atoms with Crippen molar-refractivity contribution in [1.82, 2.24) is 9.97 Å². The van der Waals surface area contributed by atoms with Crippen molar-refractivity contribution in [2.45, 2.75) is 23.2 Å². The Labute approximate surface area is 171 Å². The number of rotatable bonds is 5. The van der Waals surface area contributed by atoms with Gasteiger partial charge in [-0.2, -0.15) is 0 Å². The van der Waals surface area contributed by atoms with E-state index in [4.69, 9.17) is 4.74 Å². The van der Waals surface area contributed by atoms with Crippen LogP contribution in [-0.2, 0) is 10.5 Å². The van der Waals surface area contributed by atoms with Crippen LogP contribution >= 0.6 is 11.8 Å². The molecule has 0 fully saturated rings. The van der Waals surface area contributed by atoms with Crippen LogP contribution in [0.3, 0.4) is 0 Å². The Hall–Kier alpha value is -3.26.